The zero-order valence-corrected chi connectivity index (χ0v) is 20.5. The molecule has 3 fully saturated rings. The maximum Gasteiger partial charge on any atom is 0.322 e. The first-order chi connectivity index (χ1) is 16.2. The lowest BCUT2D eigenvalue weighted by molar-refractivity contribution is -0.153. The van der Waals surface area contributed by atoms with Gasteiger partial charge in [-0.05, 0) is 81.2 Å². The molecule has 4 atom stereocenters. The second-order valence-electron chi connectivity index (χ2n) is 11.0. The molecule has 3 heterocycles. The summed E-state index contributed by atoms with van der Waals surface area (Å²) in [6.45, 7) is 7.40. The Hall–Kier alpha value is -2.16. The summed E-state index contributed by atoms with van der Waals surface area (Å²) in [4.78, 5) is 26.8. The number of aliphatic hydroxyl groups is 1. The lowest BCUT2D eigenvalue weighted by Crippen LogP contribution is -2.71. The van der Waals surface area contributed by atoms with Crippen molar-refractivity contribution in [2.24, 2.45) is 5.92 Å². The number of hydrogen-bond acceptors (Lipinski definition) is 6. The van der Waals surface area contributed by atoms with E-state index in [1.165, 1.54) is 5.56 Å². The first-order valence-electron chi connectivity index (χ1n) is 12.5. The van der Waals surface area contributed by atoms with Crippen molar-refractivity contribution in [3.05, 3.63) is 29.3 Å². The number of imide groups is 1. The number of piperidine rings is 1. The van der Waals surface area contributed by atoms with Gasteiger partial charge < -0.3 is 19.9 Å². The number of likely N-dealkylation sites (tertiary alicyclic amines) is 1. The fourth-order valence-corrected chi connectivity index (χ4v) is 6.78. The summed E-state index contributed by atoms with van der Waals surface area (Å²) in [5, 5.41) is 17.7. The van der Waals surface area contributed by atoms with Crippen molar-refractivity contribution in [2.45, 2.75) is 75.0 Å². The Morgan fingerprint density at radius 3 is 2.65 bits per heavy atom. The predicted molar refractivity (Wildman–Crippen MR) is 127 cm³/mol. The predicted octanol–water partition coefficient (Wildman–Crippen LogP) is 2.12. The fraction of sp³-hybridized carbons (Fsp3) is 0.692. The molecule has 186 valence electrons. The van der Waals surface area contributed by atoms with Crippen molar-refractivity contribution in [3.63, 3.8) is 0 Å². The number of ether oxygens (including phenoxy) is 2. The molecular weight excluding hydrogens is 434 g/mol. The third kappa shape index (κ3) is 3.71. The highest BCUT2D eigenvalue weighted by Crippen LogP contribution is 2.54. The van der Waals surface area contributed by atoms with Crippen LogP contribution in [0.4, 0.5) is 4.79 Å². The smallest absolute Gasteiger partial charge is 0.322 e. The van der Waals surface area contributed by atoms with Crippen LogP contribution in [0.3, 0.4) is 0 Å². The normalized spacial score (nSPS) is 36.1. The van der Waals surface area contributed by atoms with Gasteiger partial charge >= 0.3 is 6.03 Å². The molecule has 0 spiro atoms. The molecule has 8 nitrogen and oxygen atoms in total. The van der Waals surface area contributed by atoms with Gasteiger partial charge in [0.25, 0.3) is 5.91 Å². The van der Waals surface area contributed by atoms with Crippen LogP contribution in [0.5, 0.6) is 5.75 Å². The molecule has 3 N–H and O–H groups in total. The molecule has 3 aliphatic heterocycles. The second-order valence-corrected chi connectivity index (χ2v) is 11.0. The molecule has 2 bridgehead atoms. The number of rotatable bonds is 6. The Bertz CT molecular complexity index is 979. The molecule has 0 radical (unpaired) electrons. The zero-order chi connectivity index (χ0) is 24.1. The number of amides is 3. The number of methoxy groups -OCH3 is 1. The number of nitrogens with zero attached hydrogens (tertiary/aromatic N) is 1. The van der Waals surface area contributed by atoms with Gasteiger partial charge in [-0.25, -0.2) is 4.79 Å². The third-order valence-electron chi connectivity index (χ3n) is 9.13. The molecule has 5 rings (SSSR count). The number of hydrogen-bond donors (Lipinski definition) is 3. The van der Waals surface area contributed by atoms with Crippen molar-refractivity contribution in [1.29, 1.82) is 0 Å². The molecule has 0 saturated carbocycles. The van der Waals surface area contributed by atoms with Crippen molar-refractivity contribution < 1.29 is 24.2 Å². The van der Waals surface area contributed by atoms with Crippen LogP contribution in [-0.4, -0.2) is 72.5 Å². The fourth-order valence-electron chi connectivity index (χ4n) is 6.78. The molecule has 4 aliphatic rings. The summed E-state index contributed by atoms with van der Waals surface area (Å²) in [5.41, 5.74) is -0.153. The van der Waals surface area contributed by atoms with Crippen molar-refractivity contribution >= 4 is 11.9 Å². The van der Waals surface area contributed by atoms with E-state index in [1.807, 2.05) is 6.07 Å². The van der Waals surface area contributed by atoms with Crippen LogP contribution >= 0.6 is 0 Å². The standard InChI is InChI=1S/C26H37N3O5/c1-24-10-11-29(16-17-6-12-34-13-7-17)21(14-18-4-5-19(33-3)15-20(18)24)26(24,32)9-8-25(2)22(30)27-23(31)28-25/h4-5,15,17,21,32H,6-14,16H2,1-3H3,(H2,27,28,30,31)/t21-,24+,25-,26-/m1/s1. The zero-order valence-electron chi connectivity index (χ0n) is 20.5. The Morgan fingerprint density at radius 1 is 1.21 bits per heavy atom. The maximum absolute atomic E-state index is 12.6. The van der Waals surface area contributed by atoms with Crippen LogP contribution in [0.25, 0.3) is 0 Å². The van der Waals surface area contributed by atoms with E-state index in [2.05, 4.69) is 34.6 Å². The van der Waals surface area contributed by atoms with E-state index < -0.39 is 22.6 Å². The summed E-state index contributed by atoms with van der Waals surface area (Å²) < 4.78 is 11.1. The van der Waals surface area contributed by atoms with Gasteiger partial charge in [0, 0.05) is 31.2 Å². The van der Waals surface area contributed by atoms with E-state index >= 15 is 0 Å². The van der Waals surface area contributed by atoms with Gasteiger partial charge in [0.05, 0.1) is 12.7 Å². The van der Waals surface area contributed by atoms with Gasteiger partial charge in [0.1, 0.15) is 11.3 Å². The minimum Gasteiger partial charge on any atom is -0.497 e. The number of fused-ring (bicyclic) bond motifs is 4. The van der Waals surface area contributed by atoms with Crippen LogP contribution < -0.4 is 15.4 Å². The van der Waals surface area contributed by atoms with Crippen LogP contribution in [0.2, 0.25) is 0 Å². The van der Waals surface area contributed by atoms with E-state index in [1.54, 1.807) is 14.0 Å². The molecular formula is C26H37N3O5. The van der Waals surface area contributed by atoms with Gasteiger partial charge in [0.15, 0.2) is 0 Å². The van der Waals surface area contributed by atoms with Gasteiger partial charge in [0.2, 0.25) is 0 Å². The van der Waals surface area contributed by atoms with Gasteiger partial charge in [-0.1, -0.05) is 13.0 Å². The molecule has 34 heavy (non-hydrogen) atoms. The molecule has 1 aliphatic carbocycles. The first-order valence-corrected chi connectivity index (χ1v) is 12.5. The van der Waals surface area contributed by atoms with Crippen molar-refractivity contribution in [1.82, 2.24) is 15.5 Å². The van der Waals surface area contributed by atoms with Crippen molar-refractivity contribution in [3.8, 4) is 5.75 Å². The summed E-state index contributed by atoms with van der Waals surface area (Å²) in [6, 6.07) is 5.70. The lowest BCUT2D eigenvalue weighted by Gasteiger charge is -2.61. The van der Waals surface area contributed by atoms with E-state index in [-0.39, 0.29) is 11.9 Å². The molecule has 1 aromatic rings. The Labute approximate surface area is 201 Å². The van der Waals surface area contributed by atoms with Crippen LogP contribution in [-0.2, 0) is 21.4 Å². The molecule has 8 heteroatoms. The van der Waals surface area contributed by atoms with Crippen molar-refractivity contribution in [2.75, 3.05) is 33.4 Å². The number of nitrogens with one attached hydrogen (secondary N) is 2. The minimum atomic E-state index is -1.05. The first kappa shape index (κ1) is 23.6. The summed E-state index contributed by atoms with van der Waals surface area (Å²) in [7, 11) is 1.67. The van der Waals surface area contributed by atoms with Gasteiger partial charge in [-0.3, -0.25) is 15.0 Å². The molecule has 1 aromatic carbocycles. The van der Waals surface area contributed by atoms with Crippen LogP contribution in [0.15, 0.2) is 18.2 Å². The molecule has 0 unspecified atom stereocenters. The second kappa shape index (κ2) is 8.50. The van der Waals surface area contributed by atoms with Crippen LogP contribution in [0.1, 0.15) is 57.1 Å². The summed E-state index contributed by atoms with van der Waals surface area (Å²) in [5.74, 6) is 1.03. The monoisotopic (exact) mass is 471 g/mol. The van der Waals surface area contributed by atoms with E-state index in [0.29, 0.717) is 18.8 Å². The largest absolute Gasteiger partial charge is 0.497 e. The highest BCUT2D eigenvalue weighted by molar-refractivity contribution is 6.06. The number of urea groups is 1. The maximum atomic E-state index is 12.6. The average Bonchev–Trinajstić information content (AvgIpc) is 3.08. The lowest BCUT2D eigenvalue weighted by atomic mass is 9.53. The SMILES string of the molecule is COc1ccc2c(c1)[C@]1(C)CCN(CC3CCOCC3)[C@H](C2)[C@]1(O)CC[C@@]1(C)NC(=O)NC1=O. The van der Waals surface area contributed by atoms with E-state index in [0.717, 1.165) is 63.3 Å². The number of carbonyl (C=O) groups excluding carboxylic acids is 2. The average molecular weight is 472 g/mol. The quantitative estimate of drug-likeness (QED) is 0.550. The number of carbonyl (C=O) groups is 2. The topological polar surface area (TPSA) is 100 Å². The van der Waals surface area contributed by atoms with Crippen LogP contribution in [0, 0.1) is 5.92 Å². The molecule has 3 saturated heterocycles. The highest BCUT2D eigenvalue weighted by atomic mass is 16.5. The minimum absolute atomic E-state index is 0.0567. The third-order valence-corrected chi connectivity index (χ3v) is 9.13. The Kier molecular flexibility index (Phi) is 5.89. The van der Waals surface area contributed by atoms with E-state index in [9.17, 15) is 14.7 Å². The van der Waals surface area contributed by atoms with E-state index in [4.69, 9.17) is 9.47 Å². The molecule has 3 amide bonds. The Balaban J connectivity index is 1.49. The highest BCUT2D eigenvalue weighted by Gasteiger charge is 2.61. The van der Waals surface area contributed by atoms with Gasteiger partial charge in [-0.15, -0.1) is 0 Å². The molecule has 0 aromatic heterocycles. The Morgan fingerprint density at radius 2 is 1.97 bits per heavy atom. The summed E-state index contributed by atoms with van der Waals surface area (Å²) >= 11 is 0. The van der Waals surface area contributed by atoms with Gasteiger partial charge in [-0.2, -0.15) is 0 Å². The summed E-state index contributed by atoms with van der Waals surface area (Å²) in [6.07, 6.45) is 4.47. The number of benzene rings is 1.